The Kier molecular flexibility index (Phi) is 10.6. The molecule has 0 radical (unpaired) electrons. The number of nitrogens with one attached hydrogen (secondary N) is 4. The Labute approximate surface area is 365 Å². The molecular formula is C50H54N8O5. The molecular weight excluding hydrogens is 793 g/mol. The number of aromatic amines is 2. The summed E-state index contributed by atoms with van der Waals surface area (Å²) in [4.78, 5) is 61.8. The first-order valence-corrected chi connectivity index (χ1v) is 22.4. The Morgan fingerprint density at radius 1 is 0.825 bits per heavy atom. The van der Waals surface area contributed by atoms with Gasteiger partial charge in [0.1, 0.15) is 30.0 Å². The van der Waals surface area contributed by atoms with Gasteiger partial charge in [-0.25, -0.2) is 14.8 Å². The molecule has 7 aromatic rings. The number of H-pyrrole nitrogens is 2. The van der Waals surface area contributed by atoms with Crippen molar-refractivity contribution in [1.82, 2.24) is 40.4 Å². The minimum atomic E-state index is -0.800. The molecule has 2 aromatic heterocycles. The summed E-state index contributed by atoms with van der Waals surface area (Å²) in [5, 5.41) is 20.8. The molecule has 2 saturated heterocycles. The van der Waals surface area contributed by atoms with Crippen LogP contribution in [-0.4, -0.2) is 84.7 Å². The second kappa shape index (κ2) is 16.4. The van der Waals surface area contributed by atoms with Crippen LogP contribution in [-0.2, 0) is 14.3 Å². The second-order valence-electron chi connectivity index (χ2n) is 17.9. The Balaban J connectivity index is 0.924. The van der Waals surface area contributed by atoms with Gasteiger partial charge >= 0.3 is 6.09 Å². The van der Waals surface area contributed by atoms with Crippen molar-refractivity contribution in [2.24, 2.45) is 11.8 Å². The number of aliphatic hydroxyl groups excluding tert-OH is 1. The minimum Gasteiger partial charge on any atom is -0.453 e. The maximum absolute atomic E-state index is 14.6. The van der Waals surface area contributed by atoms with E-state index in [4.69, 9.17) is 14.7 Å². The fourth-order valence-electron chi connectivity index (χ4n) is 10.6. The highest BCUT2D eigenvalue weighted by Crippen LogP contribution is 2.51. The molecule has 7 atom stereocenters. The molecule has 5 aromatic carbocycles. The van der Waals surface area contributed by atoms with Crippen LogP contribution < -0.4 is 10.6 Å². The summed E-state index contributed by atoms with van der Waals surface area (Å²) < 4.78 is 4.81. The molecule has 0 spiro atoms. The Morgan fingerprint density at radius 2 is 1.48 bits per heavy atom. The maximum Gasteiger partial charge on any atom is 0.407 e. The Hall–Kier alpha value is -6.31. The normalized spacial score (nSPS) is 21.2. The van der Waals surface area contributed by atoms with Crippen LogP contribution in [0.1, 0.15) is 94.6 Å². The number of aliphatic hydroxyl groups is 1. The standard InChI is InChI=1S/C50H54N8O5/c1-5-40(59)53-42(28-10-7-6-8-11-28)49(61)58-34-18-13-33(26-34)45(58)47-52-38-22-17-32-25-30(15-20-36(32)44(38)55-47)29-14-19-35-31(24-29)16-21-37-43(35)54-46(51-37)39-12-9-23-57(39)48(60)41(27(2)3)56-50(62)63-4/h6-8,10-11,14-17,19-22,24-25,27,33-34,39-42,45,53,59H,5,9,12-13,18,23,26H2,1-4H3,(H,51,54)(H,52,55)(H,56,62)/t33-,34+,39-,40?,41-,42+,45-/m0/s1. The van der Waals surface area contributed by atoms with E-state index in [1.54, 1.807) is 0 Å². The van der Waals surface area contributed by atoms with E-state index < -0.39 is 24.4 Å². The van der Waals surface area contributed by atoms with Crippen molar-refractivity contribution in [2.45, 2.75) is 95.7 Å². The van der Waals surface area contributed by atoms with Crippen molar-refractivity contribution >= 4 is 61.5 Å². The highest BCUT2D eigenvalue weighted by molar-refractivity contribution is 6.07. The number of ether oxygens (including phenoxy) is 1. The molecule has 3 aliphatic rings. The Morgan fingerprint density at radius 3 is 2.11 bits per heavy atom. The van der Waals surface area contributed by atoms with Gasteiger partial charge in [0.05, 0.1) is 41.3 Å². The van der Waals surface area contributed by atoms with Gasteiger partial charge in [0.25, 0.3) is 0 Å². The third kappa shape index (κ3) is 7.26. The number of likely N-dealkylation sites (tertiary alicyclic amines) is 2. The number of amides is 3. The van der Waals surface area contributed by atoms with Crippen LogP contribution in [0.25, 0.3) is 54.7 Å². The molecule has 13 nitrogen and oxygen atoms in total. The van der Waals surface area contributed by atoms with E-state index in [0.717, 1.165) is 104 Å². The lowest BCUT2D eigenvalue weighted by Crippen LogP contribution is -2.51. The number of hydrogen-bond acceptors (Lipinski definition) is 8. The van der Waals surface area contributed by atoms with E-state index in [2.05, 4.69) is 86.2 Å². The van der Waals surface area contributed by atoms with Crippen LogP contribution >= 0.6 is 0 Å². The molecule has 2 bridgehead atoms. The number of benzene rings is 5. The smallest absolute Gasteiger partial charge is 0.407 e. The zero-order valence-electron chi connectivity index (χ0n) is 36.1. The molecule has 63 heavy (non-hydrogen) atoms. The molecule has 3 fully saturated rings. The van der Waals surface area contributed by atoms with Gasteiger partial charge < -0.3 is 34.9 Å². The van der Waals surface area contributed by atoms with Gasteiger partial charge in [-0.15, -0.1) is 0 Å². The zero-order chi connectivity index (χ0) is 43.5. The van der Waals surface area contributed by atoms with Gasteiger partial charge in [-0.2, -0.15) is 0 Å². The number of piperidine rings is 1. The fourth-order valence-corrected chi connectivity index (χ4v) is 10.6. The third-order valence-electron chi connectivity index (χ3n) is 13.8. The predicted molar refractivity (Wildman–Crippen MR) is 243 cm³/mol. The number of hydrogen-bond donors (Lipinski definition) is 5. The first-order valence-electron chi connectivity index (χ1n) is 22.4. The monoisotopic (exact) mass is 846 g/mol. The molecule has 1 aliphatic carbocycles. The quantitative estimate of drug-likeness (QED) is 0.0807. The summed E-state index contributed by atoms with van der Waals surface area (Å²) in [5.41, 5.74) is 6.60. The van der Waals surface area contributed by atoms with Gasteiger partial charge in [-0.1, -0.05) is 87.5 Å². The van der Waals surface area contributed by atoms with Crippen LogP contribution in [0.3, 0.4) is 0 Å². The average molecular weight is 847 g/mol. The number of methoxy groups -OCH3 is 1. The summed E-state index contributed by atoms with van der Waals surface area (Å²) in [7, 11) is 1.30. The first-order chi connectivity index (χ1) is 30.6. The molecule has 5 N–H and O–H groups in total. The van der Waals surface area contributed by atoms with Crippen LogP contribution in [0.2, 0.25) is 0 Å². The van der Waals surface area contributed by atoms with Gasteiger partial charge in [-0.05, 0) is 102 Å². The van der Waals surface area contributed by atoms with Gasteiger partial charge in [0.2, 0.25) is 11.8 Å². The van der Waals surface area contributed by atoms with E-state index in [9.17, 15) is 19.5 Å². The maximum atomic E-state index is 14.6. The molecule has 4 heterocycles. The van der Waals surface area contributed by atoms with Crippen molar-refractivity contribution in [1.29, 1.82) is 0 Å². The van der Waals surface area contributed by atoms with Crippen LogP contribution in [0, 0.1) is 11.8 Å². The third-order valence-corrected chi connectivity index (χ3v) is 13.8. The molecule has 324 valence electrons. The topological polar surface area (TPSA) is 169 Å². The largest absolute Gasteiger partial charge is 0.453 e. The summed E-state index contributed by atoms with van der Waals surface area (Å²) >= 11 is 0. The minimum absolute atomic E-state index is 0.0247. The summed E-state index contributed by atoms with van der Waals surface area (Å²) in [6.45, 7) is 6.32. The number of imidazole rings is 2. The molecule has 10 rings (SSSR count). The number of alkyl carbamates (subject to hydrolysis) is 1. The van der Waals surface area contributed by atoms with E-state index >= 15 is 0 Å². The summed E-state index contributed by atoms with van der Waals surface area (Å²) in [6, 6.07) is 29.4. The molecule has 3 amide bonds. The summed E-state index contributed by atoms with van der Waals surface area (Å²) in [6.07, 6.45) is 3.67. The van der Waals surface area contributed by atoms with Crippen molar-refractivity contribution in [3.05, 3.63) is 108 Å². The molecule has 1 saturated carbocycles. The number of nitrogens with zero attached hydrogens (tertiary/aromatic N) is 4. The lowest BCUT2D eigenvalue weighted by Gasteiger charge is -2.37. The number of fused-ring (bicyclic) bond motifs is 8. The SMILES string of the molecule is CCC(O)N[C@@H](C(=O)N1[C@@H]2CC[C@@H](C2)[C@H]1c1nc2c(ccc3cc(-c4ccc5c(ccc6[nH]c([C@@H]7CCCN7C(=O)[C@@H](NC(=O)OC)C(C)C)nc65)c4)ccc32)[nH]1)c1ccccc1. The Bertz CT molecular complexity index is 2870. The summed E-state index contributed by atoms with van der Waals surface area (Å²) in [5.74, 6) is 1.60. The number of rotatable bonds is 11. The van der Waals surface area contributed by atoms with E-state index in [1.165, 1.54) is 7.11 Å². The van der Waals surface area contributed by atoms with Crippen LogP contribution in [0.5, 0.6) is 0 Å². The highest BCUT2D eigenvalue weighted by atomic mass is 16.5. The first kappa shape index (κ1) is 40.7. The predicted octanol–water partition coefficient (Wildman–Crippen LogP) is 8.57. The van der Waals surface area contributed by atoms with E-state index in [-0.39, 0.29) is 35.9 Å². The van der Waals surface area contributed by atoms with Crippen molar-refractivity contribution < 1.29 is 24.2 Å². The van der Waals surface area contributed by atoms with Gasteiger partial charge in [0, 0.05) is 23.4 Å². The van der Waals surface area contributed by atoms with Crippen LogP contribution in [0.15, 0.2) is 91.0 Å². The number of aromatic nitrogens is 4. The molecule has 13 heteroatoms. The van der Waals surface area contributed by atoms with Crippen molar-refractivity contribution in [3.63, 3.8) is 0 Å². The van der Waals surface area contributed by atoms with Crippen LogP contribution in [0.4, 0.5) is 4.79 Å². The molecule has 1 unspecified atom stereocenters. The highest BCUT2D eigenvalue weighted by Gasteiger charge is 2.51. The molecule has 2 aliphatic heterocycles. The fraction of sp³-hybridized carbons (Fsp3) is 0.380. The van der Waals surface area contributed by atoms with Crippen molar-refractivity contribution in [3.8, 4) is 11.1 Å². The second-order valence-corrected chi connectivity index (χ2v) is 17.9. The number of carbonyl (C=O) groups is 3. The lowest BCUT2D eigenvalue weighted by atomic mass is 9.96. The average Bonchev–Trinajstić information content (AvgIpc) is 4.17. The van der Waals surface area contributed by atoms with Gasteiger partial charge in [0.15, 0.2) is 0 Å². The van der Waals surface area contributed by atoms with Gasteiger partial charge in [-0.3, -0.25) is 14.9 Å². The number of carbonyl (C=O) groups excluding carboxylic acids is 3. The zero-order valence-corrected chi connectivity index (χ0v) is 36.1. The van der Waals surface area contributed by atoms with Crippen molar-refractivity contribution in [2.75, 3.05) is 13.7 Å². The van der Waals surface area contributed by atoms with E-state index in [1.807, 2.05) is 56.0 Å². The van der Waals surface area contributed by atoms with E-state index in [0.29, 0.717) is 18.9 Å². The lowest BCUT2D eigenvalue weighted by molar-refractivity contribution is -0.139.